The summed E-state index contributed by atoms with van der Waals surface area (Å²) in [6.07, 6.45) is 1.69. The van der Waals surface area contributed by atoms with Crippen molar-refractivity contribution in [3.8, 4) is 11.5 Å². The second-order valence-electron chi connectivity index (χ2n) is 4.45. The Bertz CT molecular complexity index is 885. The van der Waals surface area contributed by atoms with Gasteiger partial charge >= 0.3 is 0 Å². The minimum absolute atomic E-state index is 0.0471. The number of nitrogens with zero attached hydrogens (tertiary/aromatic N) is 1. The first-order valence-electron chi connectivity index (χ1n) is 6.18. The molecule has 0 radical (unpaired) electrons. The molecule has 1 aromatic heterocycles. The lowest BCUT2D eigenvalue weighted by atomic mass is 10.2. The molecule has 0 saturated heterocycles. The molecule has 6 heteroatoms. The predicted molar refractivity (Wildman–Crippen MR) is 79.6 cm³/mol. The lowest BCUT2D eigenvalue weighted by Gasteiger charge is -2.08. The van der Waals surface area contributed by atoms with Gasteiger partial charge in [0.05, 0.1) is 4.90 Å². The molecule has 0 saturated carbocycles. The summed E-state index contributed by atoms with van der Waals surface area (Å²) in [5.41, 5.74) is 0.746. The van der Waals surface area contributed by atoms with E-state index >= 15 is 0 Å². The lowest BCUT2D eigenvalue weighted by molar-refractivity contribution is 0.486. The topological polar surface area (TPSA) is 82.3 Å². The van der Waals surface area contributed by atoms with Gasteiger partial charge in [-0.3, -0.25) is 4.98 Å². The summed E-state index contributed by atoms with van der Waals surface area (Å²) in [4.78, 5) is 4.34. The normalized spacial score (nSPS) is 11.5. The molecule has 0 unspecified atom stereocenters. The van der Waals surface area contributed by atoms with Gasteiger partial charge in [-0.1, -0.05) is 18.2 Å². The number of sulfonamides is 1. The second kappa shape index (κ2) is 5.16. The molecule has 0 spiro atoms. The van der Waals surface area contributed by atoms with Crippen molar-refractivity contribution < 1.29 is 13.2 Å². The Morgan fingerprint density at radius 3 is 2.38 bits per heavy atom. The molecule has 1 heterocycles. The fourth-order valence-corrected chi connectivity index (χ4v) is 2.50. The molecule has 0 fully saturated rings. The van der Waals surface area contributed by atoms with Crippen LogP contribution in [0.25, 0.3) is 10.9 Å². The van der Waals surface area contributed by atoms with E-state index in [0.29, 0.717) is 11.5 Å². The highest BCUT2D eigenvalue weighted by Crippen LogP contribution is 2.28. The van der Waals surface area contributed by atoms with Crippen LogP contribution in [0.2, 0.25) is 0 Å². The summed E-state index contributed by atoms with van der Waals surface area (Å²) in [7, 11) is -3.70. The first kappa shape index (κ1) is 13.5. The molecule has 5 nitrogen and oxygen atoms in total. The van der Waals surface area contributed by atoms with Gasteiger partial charge in [0.2, 0.25) is 10.0 Å². The summed E-state index contributed by atoms with van der Waals surface area (Å²) < 4.78 is 28.2. The molecule has 3 rings (SSSR count). The lowest BCUT2D eigenvalue weighted by Crippen LogP contribution is -2.11. The van der Waals surface area contributed by atoms with E-state index in [1.165, 1.54) is 12.1 Å². The van der Waals surface area contributed by atoms with Crippen LogP contribution < -0.4 is 9.88 Å². The average molecular weight is 300 g/mol. The number of hydrogen-bond donors (Lipinski definition) is 1. The van der Waals surface area contributed by atoms with Gasteiger partial charge in [0.1, 0.15) is 11.3 Å². The van der Waals surface area contributed by atoms with Crippen molar-refractivity contribution >= 4 is 20.9 Å². The molecule has 0 atom stereocenters. The fraction of sp³-hybridized carbons (Fsp3) is 0. The number of ether oxygens (including phenoxy) is 1. The van der Waals surface area contributed by atoms with Gasteiger partial charge in [0, 0.05) is 11.6 Å². The number of fused-ring (bicyclic) bond motifs is 1. The Kier molecular flexibility index (Phi) is 3.32. The first-order chi connectivity index (χ1) is 10.0. The zero-order valence-corrected chi connectivity index (χ0v) is 11.7. The van der Waals surface area contributed by atoms with Gasteiger partial charge in [-0.2, -0.15) is 0 Å². The zero-order valence-electron chi connectivity index (χ0n) is 10.9. The van der Waals surface area contributed by atoms with Crippen LogP contribution in [0, 0.1) is 0 Å². The van der Waals surface area contributed by atoms with Crippen LogP contribution in [0.4, 0.5) is 0 Å². The average Bonchev–Trinajstić information content (AvgIpc) is 2.47. The van der Waals surface area contributed by atoms with Crippen molar-refractivity contribution in [2.75, 3.05) is 0 Å². The SMILES string of the molecule is NS(=O)(=O)c1ccc(Oc2cccc3cccnc23)cc1. The second-order valence-corrected chi connectivity index (χ2v) is 6.01. The highest BCUT2D eigenvalue weighted by Gasteiger charge is 2.08. The van der Waals surface area contributed by atoms with E-state index in [1.807, 2.05) is 30.3 Å². The summed E-state index contributed by atoms with van der Waals surface area (Å²) in [5, 5.41) is 6.02. The predicted octanol–water partition coefficient (Wildman–Crippen LogP) is 2.67. The standard InChI is InChI=1S/C15H12N2O3S/c16-21(18,19)13-8-6-12(7-9-13)20-14-5-1-3-11-4-2-10-17-15(11)14/h1-10H,(H2,16,18,19). The van der Waals surface area contributed by atoms with Crippen LogP contribution in [-0.2, 0) is 10.0 Å². The molecule has 21 heavy (non-hydrogen) atoms. The van der Waals surface area contributed by atoms with E-state index in [4.69, 9.17) is 9.88 Å². The number of nitrogens with two attached hydrogens (primary N) is 1. The van der Waals surface area contributed by atoms with Crippen LogP contribution >= 0.6 is 0 Å². The Hall–Kier alpha value is -2.44. The molecule has 2 N–H and O–H groups in total. The number of para-hydroxylation sites is 1. The van der Waals surface area contributed by atoms with E-state index in [1.54, 1.807) is 18.3 Å². The van der Waals surface area contributed by atoms with Gasteiger partial charge in [0.25, 0.3) is 0 Å². The van der Waals surface area contributed by atoms with Crippen LogP contribution in [0.1, 0.15) is 0 Å². The molecule has 0 aliphatic carbocycles. The van der Waals surface area contributed by atoms with E-state index in [0.717, 1.165) is 10.9 Å². The molecule has 106 valence electrons. The van der Waals surface area contributed by atoms with Gasteiger partial charge < -0.3 is 4.74 Å². The number of primary sulfonamides is 1. The Morgan fingerprint density at radius 2 is 1.67 bits per heavy atom. The Morgan fingerprint density at radius 1 is 0.952 bits per heavy atom. The zero-order chi connectivity index (χ0) is 14.9. The molecule has 2 aromatic carbocycles. The van der Waals surface area contributed by atoms with Crippen LogP contribution in [0.15, 0.2) is 65.7 Å². The van der Waals surface area contributed by atoms with E-state index < -0.39 is 10.0 Å². The van der Waals surface area contributed by atoms with Gasteiger partial charge in [-0.05, 0) is 36.4 Å². The van der Waals surface area contributed by atoms with Gasteiger partial charge in [-0.15, -0.1) is 0 Å². The third-order valence-corrected chi connectivity index (χ3v) is 3.91. The van der Waals surface area contributed by atoms with Crippen molar-refractivity contribution in [2.24, 2.45) is 5.14 Å². The van der Waals surface area contributed by atoms with Gasteiger partial charge in [0.15, 0.2) is 5.75 Å². The number of pyridine rings is 1. The maximum Gasteiger partial charge on any atom is 0.238 e. The highest BCUT2D eigenvalue weighted by atomic mass is 32.2. The van der Waals surface area contributed by atoms with Crippen molar-refractivity contribution in [3.05, 3.63) is 60.8 Å². The minimum Gasteiger partial charge on any atom is -0.455 e. The molecule has 0 aliphatic rings. The van der Waals surface area contributed by atoms with Crippen LogP contribution in [0.3, 0.4) is 0 Å². The maximum atomic E-state index is 11.2. The largest absolute Gasteiger partial charge is 0.455 e. The highest BCUT2D eigenvalue weighted by molar-refractivity contribution is 7.89. The summed E-state index contributed by atoms with van der Waals surface area (Å²) in [5.74, 6) is 1.12. The van der Waals surface area contributed by atoms with Gasteiger partial charge in [-0.25, -0.2) is 13.6 Å². The monoisotopic (exact) mass is 300 g/mol. The molecule has 0 bridgehead atoms. The Balaban J connectivity index is 1.96. The van der Waals surface area contributed by atoms with E-state index in [-0.39, 0.29) is 4.90 Å². The third-order valence-electron chi connectivity index (χ3n) is 2.98. The summed E-state index contributed by atoms with van der Waals surface area (Å²) in [6, 6.07) is 15.3. The number of rotatable bonds is 3. The molecular formula is C15H12N2O3S. The summed E-state index contributed by atoms with van der Waals surface area (Å²) in [6.45, 7) is 0. The van der Waals surface area contributed by atoms with Crippen LogP contribution in [-0.4, -0.2) is 13.4 Å². The van der Waals surface area contributed by atoms with E-state index in [9.17, 15) is 8.42 Å². The first-order valence-corrected chi connectivity index (χ1v) is 7.73. The number of aromatic nitrogens is 1. The minimum atomic E-state index is -3.70. The van der Waals surface area contributed by atoms with E-state index in [2.05, 4.69) is 4.98 Å². The molecule has 0 aliphatic heterocycles. The molecule has 0 amide bonds. The number of hydrogen-bond acceptors (Lipinski definition) is 4. The molecule has 3 aromatic rings. The van der Waals surface area contributed by atoms with Crippen molar-refractivity contribution in [2.45, 2.75) is 4.90 Å². The quantitative estimate of drug-likeness (QED) is 0.806. The van der Waals surface area contributed by atoms with Crippen molar-refractivity contribution in [3.63, 3.8) is 0 Å². The summed E-state index contributed by atoms with van der Waals surface area (Å²) >= 11 is 0. The maximum absolute atomic E-state index is 11.2. The molecular weight excluding hydrogens is 288 g/mol. The van der Waals surface area contributed by atoms with Crippen molar-refractivity contribution in [1.29, 1.82) is 0 Å². The van der Waals surface area contributed by atoms with Crippen molar-refractivity contribution in [1.82, 2.24) is 4.98 Å². The smallest absolute Gasteiger partial charge is 0.238 e. The number of benzene rings is 2. The van der Waals surface area contributed by atoms with Crippen LogP contribution in [0.5, 0.6) is 11.5 Å². The fourth-order valence-electron chi connectivity index (χ4n) is 1.98. The Labute approximate surface area is 122 Å². The third kappa shape index (κ3) is 2.86.